The van der Waals surface area contributed by atoms with E-state index in [2.05, 4.69) is 30.3 Å². The van der Waals surface area contributed by atoms with E-state index in [4.69, 9.17) is 0 Å². The van der Waals surface area contributed by atoms with Crippen LogP contribution in [0.25, 0.3) is 22.2 Å². The molecule has 0 bridgehead atoms. The maximum Gasteiger partial charge on any atom is 0.270 e. The van der Waals surface area contributed by atoms with Crippen LogP contribution < -0.4 is 10.2 Å². The summed E-state index contributed by atoms with van der Waals surface area (Å²) in [5.74, 6) is 1.74. The number of piperidine rings is 1. The first-order chi connectivity index (χ1) is 16.2. The predicted molar refractivity (Wildman–Crippen MR) is 132 cm³/mol. The van der Waals surface area contributed by atoms with Gasteiger partial charge in [-0.2, -0.15) is 5.10 Å². The summed E-state index contributed by atoms with van der Waals surface area (Å²) in [6.07, 6.45) is 4.35. The number of non-ortho nitro benzene ring substituents is 1. The number of aromatic amines is 1. The number of benzene rings is 1. The molecule has 3 aromatic rings. The number of nitrogens with one attached hydrogen (secondary N) is 2. The summed E-state index contributed by atoms with van der Waals surface area (Å²) in [6, 6.07) is 8.72. The summed E-state index contributed by atoms with van der Waals surface area (Å²) in [4.78, 5) is 20.3. The monoisotopic (exact) mass is 451 g/mol. The summed E-state index contributed by atoms with van der Waals surface area (Å²) < 4.78 is 0. The standard InChI is InChI=1S/C22H27N7O2.C2H6/c30-29(31)18-1-2-20-19(14-18)22(26-25-20)17-5-8-24-21(13-17)28-11-9-27(10-12-28)15-16-3-6-23-7-4-16;1-2/h1-2,5,8,13-14,16,23H,3-4,6-7,9-12,15H2,(H,25,26);1-2H3. The quantitative estimate of drug-likeness (QED) is 0.450. The van der Waals surface area contributed by atoms with Gasteiger partial charge >= 0.3 is 0 Å². The van der Waals surface area contributed by atoms with Crippen LogP contribution in [0.4, 0.5) is 11.5 Å². The molecule has 0 radical (unpaired) electrons. The molecule has 33 heavy (non-hydrogen) atoms. The number of hydrogen-bond acceptors (Lipinski definition) is 7. The van der Waals surface area contributed by atoms with Crippen molar-refractivity contribution in [2.24, 2.45) is 5.92 Å². The second-order valence-electron chi connectivity index (χ2n) is 8.44. The SMILES string of the molecule is CC.O=[N+]([O-])c1ccc2[nH]nc(-c3ccnc(N4CCN(CC5CCNCC5)CC4)c3)c2c1. The van der Waals surface area contributed by atoms with Crippen molar-refractivity contribution < 1.29 is 4.92 Å². The van der Waals surface area contributed by atoms with Gasteiger partial charge in [-0.05, 0) is 50.0 Å². The van der Waals surface area contributed by atoms with Crippen molar-refractivity contribution in [3.8, 4) is 11.3 Å². The lowest BCUT2D eigenvalue weighted by Crippen LogP contribution is -2.48. The number of nitro benzene ring substituents is 1. The number of rotatable bonds is 5. The zero-order valence-electron chi connectivity index (χ0n) is 19.5. The maximum atomic E-state index is 11.2. The first-order valence-electron chi connectivity index (χ1n) is 11.9. The average Bonchev–Trinajstić information content (AvgIpc) is 3.30. The van der Waals surface area contributed by atoms with E-state index in [0.717, 1.165) is 67.5 Å². The Labute approximate surface area is 194 Å². The molecule has 0 saturated carbocycles. The van der Waals surface area contributed by atoms with Crippen LogP contribution in [-0.2, 0) is 0 Å². The van der Waals surface area contributed by atoms with Gasteiger partial charge in [-0.3, -0.25) is 20.1 Å². The largest absolute Gasteiger partial charge is 0.354 e. The number of nitro groups is 1. The van der Waals surface area contributed by atoms with Crippen molar-refractivity contribution in [3.05, 3.63) is 46.6 Å². The Morgan fingerprint density at radius 2 is 1.85 bits per heavy atom. The minimum Gasteiger partial charge on any atom is -0.354 e. The molecule has 4 heterocycles. The fourth-order valence-electron chi connectivity index (χ4n) is 4.66. The highest BCUT2D eigenvalue weighted by atomic mass is 16.6. The fourth-order valence-corrected chi connectivity index (χ4v) is 4.66. The van der Waals surface area contributed by atoms with Gasteiger partial charge in [0.1, 0.15) is 11.5 Å². The van der Waals surface area contributed by atoms with Gasteiger partial charge in [-0.1, -0.05) is 13.8 Å². The molecule has 2 saturated heterocycles. The lowest BCUT2D eigenvalue weighted by Gasteiger charge is -2.37. The molecule has 9 heteroatoms. The van der Waals surface area contributed by atoms with Crippen molar-refractivity contribution in [1.29, 1.82) is 0 Å². The van der Waals surface area contributed by atoms with Gasteiger partial charge in [-0.25, -0.2) is 4.98 Å². The van der Waals surface area contributed by atoms with Crippen molar-refractivity contribution in [2.45, 2.75) is 26.7 Å². The van der Waals surface area contributed by atoms with E-state index >= 15 is 0 Å². The summed E-state index contributed by atoms with van der Waals surface area (Å²) in [7, 11) is 0. The molecular formula is C24H33N7O2. The number of anilines is 1. The Bertz CT molecular complexity index is 1070. The Morgan fingerprint density at radius 3 is 2.58 bits per heavy atom. The number of pyridine rings is 1. The van der Waals surface area contributed by atoms with Crippen molar-refractivity contribution in [2.75, 3.05) is 50.7 Å². The molecular weight excluding hydrogens is 418 g/mol. The van der Waals surface area contributed by atoms with Crippen molar-refractivity contribution >= 4 is 22.4 Å². The van der Waals surface area contributed by atoms with E-state index in [1.165, 1.54) is 25.5 Å². The van der Waals surface area contributed by atoms with Crippen LogP contribution in [0.2, 0.25) is 0 Å². The van der Waals surface area contributed by atoms with E-state index < -0.39 is 0 Å². The van der Waals surface area contributed by atoms with Gasteiger partial charge < -0.3 is 10.2 Å². The van der Waals surface area contributed by atoms with Gasteiger partial charge in [0, 0.05) is 62.0 Å². The average molecular weight is 452 g/mol. The number of fused-ring (bicyclic) bond motifs is 1. The molecule has 0 atom stereocenters. The second-order valence-corrected chi connectivity index (χ2v) is 8.44. The molecule has 176 valence electrons. The molecule has 9 nitrogen and oxygen atoms in total. The van der Waals surface area contributed by atoms with E-state index in [1.807, 2.05) is 26.0 Å². The number of hydrogen-bond donors (Lipinski definition) is 2. The molecule has 2 fully saturated rings. The Hall–Kier alpha value is -3.04. The minimum atomic E-state index is -0.377. The number of H-pyrrole nitrogens is 1. The van der Waals surface area contributed by atoms with Gasteiger partial charge in [0.2, 0.25) is 0 Å². The van der Waals surface area contributed by atoms with Crippen LogP contribution in [0.1, 0.15) is 26.7 Å². The van der Waals surface area contributed by atoms with Crippen LogP contribution in [0.15, 0.2) is 36.5 Å². The molecule has 2 aromatic heterocycles. The third-order valence-corrected chi connectivity index (χ3v) is 6.45. The van der Waals surface area contributed by atoms with Gasteiger partial charge in [-0.15, -0.1) is 0 Å². The third-order valence-electron chi connectivity index (χ3n) is 6.45. The molecule has 2 N–H and O–H groups in total. The van der Waals surface area contributed by atoms with Crippen LogP contribution in [0, 0.1) is 16.0 Å². The molecule has 2 aliphatic rings. The third kappa shape index (κ3) is 5.31. The Kier molecular flexibility index (Phi) is 7.51. The first-order valence-corrected chi connectivity index (χ1v) is 11.9. The molecule has 0 spiro atoms. The lowest BCUT2D eigenvalue weighted by molar-refractivity contribution is -0.384. The van der Waals surface area contributed by atoms with Crippen LogP contribution >= 0.6 is 0 Å². The van der Waals surface area contributed by atoms with Gasteiger partial charge in [0.05, 0.1) is 10.4 Å². The highest BCUT2D eigenvalue weighted by Crippen LogP contribution is 2.30. The highest BCUT2D eigenvalue weighted by molar-refractivity contribution is 5.94. The van der Waals surface area contributed by atoms with Crippen LogP contribution in [0.5, 0.6) is 0 Å². The highest BCUT2D eigenvalue weighted by Gasteiger charge is 2.22. The second kappa shape index (κ2) is 10.7. The Balaban J connectivity index is 0.00000126. The summed E-state index contributed by atoms with van der Waals surface area (Å²) in [6.45, 7) is 11.5. The predicted octanol–water partition coefficient (Wildman–Crippen LogP) is 3.68. The first kappa shape index (κ1) is 23.1. The molecule has 5 rings (SSSR count). The van der Waals surface area contributed by atoms with Gasteiger partial charge in [0.15, 0.2) is 0 Å². The van der Waals surface area contributed by atoms with Crippen LogP contribution in [-0.4, -0.2) is 70.8 Å². The minimum absolute atomic E-state index is 0.0642. The molecule has 0 aliphatic carbocycles. The summed E-state index contributed by atoms with van der Waals surface area (Å²) in [5.41, 5.74) is 2.47. The topological polar surface area (TPSA) is 103 Å². The number of aromatic nitrogens is 3. The lowest BCUT2D eigenvalue weighted by atomic mass is 9.97. The molecule has 2 aliphatic heterocycles. The van der Waals surface area contributed by atoms with E-state index in [-0.39, 0.29) is 10.6 Å². The molecule has 0 amide bonds. The maximum absolute atomic E-state index is 11.2. The Morgan fingerprint density at radius 1 is 1.09 bits per heavy atom. The number of piperazine rings is 1. The van der Waals surface area contributed by atoms with E-state index in [1.54, 1.807) is 18.3 Å². The number of nitrogens with zero attached hydrogens (tertiary/aromatic N) is 5. The molecule has 1 aromatic carbocycles. The van der Waals surface area contributed by atoms with Crippen molar-refractivity contribution in [1.82, 2.24) is 25.4 Å². The van der Waals surface area contributed by atoms with Crippen LogP contribution in [0.3, 0.4) is 0 Å². The smallest absolute Gasteiger partial charge is 0.270 e. The summed E-state index contributed by atoms with van der Waals surface area (Å²) >= 11 is 0. The van der Waals surface area contributed by atoms with E-state index in [0.29, 0.717) is 5.69 Å². The zero-order chi connectivity index (χ0) is 23.2. The zero-order valence-corrected chi connectivity index (χ0v) is 19.5. The van der Waals surface area contributed by atoms with E-state index in [9.17, 15) is 10.1 Å². The van der Waals surface area contributed by atoms with Crippen molar-refractivity contribution in [3.63, 3.8) is 0 Å². The normalized spacial score (nSPS) is 17.6. The molecule has 0 unspecified atom stereocenters. The fraction of sp³-hybridized carbons (Fsp3) is 0.500. The summed E-state index contributed by atoms with van der Waals surface area (Å²) in [5, 5.41) is 22.8. The van der Waals surface area contributed by atoms with Gasteiger partial charge in [0.25, 0.3) is 5.69 Å².